The summed E-state index contributed by atoms with van der Waals surface area (Å²) in [5.41, 5.74) is 11.1. The highest BCUT2D eigenvalue weighted by atomic mass is 16.5. The number of aldehydes is 2. The second-order valence-corrected chi connectivity index (χ2v) is 10.2. The number of anilines is 2. The van der Waals surface area contributed by atoms with Gasteiger partial charge in [-0.1, -0.05) is 24.6 Å². The lowest BCUT2D eigenvalue weighted by atomic mass is 9.86. The molecule has 2 heterocycles. The van der Waals surface area contributed by atoms with E-state index in [1.807, 2.05) is 12.1 Å². The summed E-state index contributed by atoms with van der Waals surface area (Å²) in [7, 11) is 1.22. The van der Waals surface area contributed by atoms with E-state index in [0.717, 1.165) is 31.2 Å². The van der Waals surface area contributed by atoms with Gasteiger partial charge in [0.15, 0.2) is 5.96 Å². The average molecular weight is 563 g/mol. The number of rotatable bonds is 13. The Kier molecular flexibility index (Phi) is 8.82. The molecule has 0 aromatic heterocycles. The molecule has 0 spiro atoms. The number of fused-ring (bicyclic) bond motifs is 1. The molecule has 216 valence electrons. The van der Waals surface area contributed by atoms with Gasteiger partial charge in [-0.2, -0.15) is 0 Å². The van der Waals surface area contributed by atoms with Crippen molar-refractivity contribution in [3.05, 3.63) is 59.2 Å². The second kappa shape index (κ2) is 12.3. The first-order valence-electron chi connectivity index (χ1n) is 13.4. The number of hydrogen-bond donors (Lipinski definition) is 4. The fourth-order valence-corrected chi connectivity index (χ4v) is 5.32. The minimum Gasteiger partial charge on any atom is -0.468 e. The van der Waals surface area contributed by atoms with Gasteiger partial charge in [0, 0.05) is 25.1 Å². The molecule has 0 saturated carbocycles. The van der Waals surface area contributed by atoms with E-state index in [-0.39, 0.29) is 37.2 Å². The quantitative estimate of drug-likeness (QED) is 0.0677. The minimum atomic E-state index is -1.35. The molecule has 12 nitrogen and oxygen atoms in total. The van der Waals surface area contributed by atoms with E-state index in [4.69, 9.17) is 16.2 Å². The molecule has 41 heavy (non-hydrogen) atoms. The maximum atomic E-state index is 13.1. The zero-order chi connectivity index (χ0) is 29.6. The molecule has 2 aromatic rings. The monoisotopic (exact) mass is 562 g/mol. The van der Waals surface area contributed by atoms with E-state index >= 15 is 0 Å². The normalized spacial score (nSPS) is 21.2. The van der Waals surface area contributed by atoms with Crippen molar-refractivity contribution >= 4 is 47.7 Å². The number of carbonyl (C=O) groups is 5. The third-order valence-electron chi connectivity index (χ3n) is 7.55. The Bertz CT molecular complexity index is 1370. The molecule has 4 rings (SSSR count). The highest BCUT2D eigenvalue weighted by molar-refractivity contribution is 6.13. The third kappa shape index (κ3) is 5.97. The van der Waals surface area contributed by atoms with Crippen LogP contribution in [-0.4, -0.2) is 67.6 Å². The van der Waals surface area contributed by atoms with Gasteiger partial charge in [0.2, 0.25) is 0 Å². The number of nitrogens with two attached hydrogens (primary N) is 2. The van der Waals surface area contributed by atoms with Gasteiger partial charge in [0.05, 0.1) is 24.9 Å². The van der Waals surface area contributed by atoms with Crippen LogP contribution in [0.3, 0.4) is 0 Å². The Morgan fingerprint density at radius 1 is 1.07 bits per heavy atom. The summed E-state index contributed by atoms with van der Waals surface area (Å²) in [5.74, 6) is -1.20. The summed E-state index contributed by atoms with van der Waals surface area (Å²) in [4.78, 5) is 67.1. The van der Waals surface area contributed by atoms with Crippen LogP contribution in [0.4, 0.5) is 11.4 Å². The van der Waals surface area contributed by atoms with E-state index in [2.05, 4.69) is 15.6 Å². The molecule has 2 aliphatic rings. The van der Waals surface area contributed by atoms with Gasteiger partial charge in [-0.3, -0.25) is 24.8 Å². The molecule has 6 N–H and O–H groups in total. The number of unbranched alkanes of at least 4 members (excludes halogenated alkanes) is 2. The summed E-state index contributed by atoms with van der Waals surface area (Å²) in [6, 6.07) is 12.4. The van der Waals surface area contributed by atoms with Gasteiger partial charge in [-0.15, -0.1) is 0 Å². The van der Waals surface area contributed by atoms with Crippen molar-refractivity contribution < 1.29 is 28.7 Å². The van der Waals surface area contributed by atoms with E-state index in [1.54, 1.807) is 30.3 Å². The second-order valence-electron chi connectivity index (χ2n) is 10.2. The summed E-state index contributed by atoms with van der Waals surface area (Å²) >= 11 is 0. The van der Waals surface area contributed by atoms with E-state index in [1.165, 1.54) is 12.0 Å². The topological polar surface area (TPSA) is 196 Å². The number of amides is 2. The van der Waals surface area contributed by atoms with Crippen LogP contribution < -0.4 is 27.0 Å². The largest absolute Gasteiger partial charge is 0.468 e. The van der Waals surface area contributed by atoms with Crippen molar-refractivity contribution in [3.8, 4) is 0 Å². The number of aryl methyl sites for hydroxylation is 1. The molecular formula is C29H34N6O6. The molecule has 2 aliphatic heterocycles. The lowest BCUT2D eigenvalue weighted by Crippen LogP contribution is -2.39. The minimum absolute atomic E-state index is 0.0788. The summed E-state index contributed by atoms with van der Waals surface area (Å²) in [6.07, 6.45) is 4.53. The van der Waals surface area contributed by atoms with Crippen LogP contribution in [0.15, 0.2) is 47.5 Å². The first-order chi connectivity index (χ1) is 19.7. The Hall–Kier alpha value is -4.58. The number of hydrogen-bond acceptors (Lipinski definition) is 8. The number of benzene rings is 2. The number of nitrogens with one attached hydrogen (secondary N) is 2. The summed E-state index contributed by atoms with van der Waals surface area (Å²) in [5, 5.41) is 5.57. The standard InChI is InChI=1S/C29H34N6O6/c1-41-26(40)29(28(18-37,34-29)12-14-36)16-20-6-9-21(10-7-20)35-23-11-8-19(5-3-2-4-13-32-27(30)31)15-22(23)25(39)33-17-24(35)38/h6-11,14-15,18,34H,2-5,12-13,16-17H2,1H3,(H,33,39)(H4,30,31,32)/t28?,29-/m0/s1. The molecule has 12 heteroatoms. The van der Waals surface area contributed by atoms with Crippen molar-refractivity contribution in [2.24, 2.45) is 16.5 Å². The number of carbonyl (C=O) groups excluding carboxylic acids is 5. The predicted octanol–water partition coefficient (Wildman–Crippen LogP) is 0.665. The zero-order valence-corrected chi connectivity index (χ0v) is 22.9. The number of nitrogens with zero attached hydrogens (tertiary/aromatic N) is 2. The molecule has 2 aromatic carbocycles. The number of methoxy groups -OCH3 is 1. The zero-order valence-electron chi connectivity index (χ0n) is 22.9. The SMILES string of the molecule is COC(=O)[C@]1(Cc2ccc(N3C(=O)CNC(=O)c4cc(CCCCCN=C(N)N)ccc43)cc2)NC1(C=O)CC=O. The molecule has 1 unspecified atom stereocenters. The maximum Gasteiger partial charge on any atom is 0.328 e. The molecule has 0 radical (unpaired) electrons. The van der Waals surface area contributed by atoms with Crippen molar-refractivity contribution in [2.75, 3.05) is 25.1 Å². The van der Waals surface area contributed by atoms with Crippen LogP contribution in [-0.2, 0) is 36.8 Å². The van der Waals surface area contributed by atoms with Crippen molar-refractivity contribution in [2.45, 2.75) is 49.6 Å². The van der Waals surface area contributed by atoms with Crippen molar-refractivity contribution in [1.29, 1.82) is 0 Å². The molecule has 1 fully saturated rings. The smallest absolute Gasteiger partial charge is 0.328 e. The van der Waals surface area contributed by atoms with Crippen LogP contribution in [0.2, 0.25) is 0 Å². The Morgan fingerprint density at radius 3 is 2.46 bits per heavy atom. The van der Waals surface area contributed by atoms with Crippen molar-refractivity contribution in [3.63, 3.8) is 0 Å². The molecule has 1 saturated heterocycles. The lowest BCUT2D eigenvalue weighted by molar-refractivity contribution is -0.144. The summed E-state index contributed by atoms with van der Waals surface area (Å²) < 4.78 is 4.93. The van der Waals surface area contributed by atoms with Gasteiger partial charge in [-0.05, 0) is 54.7 Å². The molecule has 2 atom stereocenters. The van der Waals surface area contributed by atoms with Gasteiger partial charge < -0.3 is 31.1 Å². The number of aliphatic imine (C=N–C) groups is 1. The van der Waals surface area contributed by atoms with Gasteiger partial charge in [0.25, 0.3) is 11.8 Å². The van der Waals surface area contributed by atoms with E-state index in [0.29, 0.717) is 41.6 Å². The highest BCUT2D eigenvalue weighted by Gasteiger charge is 2.72. The Morgan fingerprint density at radius 2 is 1.80 bits per heavy atom. The van der Waals surface area contributed by atoms with Crippen molar-refractivity contribution in [1.82, 2.24) is 10.6 Å². The van der Waals surface area contributed by atoms with E-state index < -0.39 is 17.0 Å². The first kappa shape index (κ1) is 29.4. The maximum absolute atomic E-state index is 13.1. The van der Waals surface area contributed by atoms with E-state index in [9.17, 15) is 24.0 Å². The predicted molar refractivity (Wildman–Crippen MR) is 152 cm³/mol. The fraction of sp³-hybridized carbons (Fsp3) is 0.379. The van der Waals surface area contributed by atoms with Crippen LogP contribution in [0, 0.1) is 0 Å². The average Bonchev–Trinajstić information content (AvgIpc) is 3.64. The van der Waals surface area contributed by atoms with Gasteiger partial charge >= 0.3 is 5.97 Å². The molecule has 0 aliphatic carbocycles. The highest BCUT2D eigenvalue weighted by Crippen LogP contribution is 2.43. The Labute approximate surface area is 237 Å². The lowest BCUT2D eigenvalue weighted by Gasteiger charge is -2.23. The first-order valence-corrected chi connectivity index (χ1v) is 13.4. The number of guanidine groups is 1. The van der Waals surface area contributed by atoms with Crippen LogP contribution in [0.5, 0.6) is 0 Å². The van der Waals surface area contributed by atoms with Crippen LogP contribution >= 0.6 is 0 Å². The van der Waals surface area contributed by atoms with Gasteiger partial charge in [-0.25, -0.2) is 4.79 Å². The third-order valence-corrected chi connectivity index (χ3v) is 7.55. The Balaban J connectivity index is 1.53. The number of esters is 1. The van der Waals surface area contributed by atoms with Crippen LogP contribution in [0.1, 0.15) is 47.2 Å². The van der Waals surface area contributed by atoms with Gasteiger partial charge in [0.1, 0.15) is 23.7 Å². The van der Waals surface area contributed by atoms with Crippen LogP contribution in [0.25, 0.3) is 0 Å². The summed E-state index contributed by atoms with van der Waals surface area (Å²) in [6.45, 7) is 0.403. The molecule has 2 amide bonds. The molecular weight excluding hydrogens is 528 g/mol. The fourth-order valence-electron chi connectivity index (χ4n) is 5.32. The number of ether oxygens (including phenoxy) is 1. The molecule has 0 bridgehead atoms.